The molecule has 0 heterocycles. The molecule has 0 radical (unpaired) electrons. The molecule has 0 aliphatic rings. The molecule has 0 fully saturated rings. The van der Waals surface area contributed by atoms with Gasteiger partial charge in [-0.05, 0) is 30.3 Å². The van der Waals surface area contributed by atoms with Crippen LogP contribution in [0.15, 0.2) is 12.1 Å². The lowest BCUT2D eigenvalue weighted by atomic mass is 10.2. The minimum atomic E-state index is -2.09. The number of benzene rings is 1. The van der Waals surface area contributed by atoms with E-state index in [9.17, 15) is 4.79 Å². The van der Waals surface area contributed by atoms with Crippen LogP contribution in [-0.2, 0) is 0 Å². The third-order valence-electron chi connectivity index (χ3n) is 3.49. The molecule has 0 amide bonds. The maximum atomic E-state index is 11.0. The second-order valence-electron chi connectivity index (χ2n) is 6.05. The standard InChI is InChI=1S/C13H20ClNO3Si/c1-13(2,3)19(4,5)18-10-7-8(12(16)17)6-9(15)11(10)14/h6-7H,15H2,1-5H3,(H,16,17). The normalized spacial score (nSPS) is 12.3. The lowest BCUT2D eigenvalue weighted by Gasteiger charge is -2.36. The number of hydrogen-bond donors (Lipinski definition) is 2. The average molecular weight is 302 g/mol. The van der Waals surface area contributed by atoms with Gasteiger partial charge in [-0.1, -0.05) is 32.4 Å². The van der Waals surface area contributed by atoms with Crippen LogP contribution in [-0.4, -0.2) is 19.4 Å². The van der Waals surface area contributed by atoms with Crippen LogP contribution < -0.4 is 10.2 Å². The first-order chi connectivity index (χ1) is 8.45. The highest BCUT2D eigenvalue weighted by Gasteiger charge is 2.39. The summed E-state index contributed by atoms with van der Waals surface area (Å²) in [5.74, 6) is -0.700. The molecule has 4 nitrogen and oxygen atoms in total. The molecule has 106 valence electrons. The molecular formula is C13H20ClNO3Si. The molecule has 0 aliphatic carbocycles. The van der Waals surface area contributed by atoms with Crippen molar-refractivity contribution in [2.24, 2.45) is 0 Å². The van der Waals surface area contributed by atoms with Crippen LogP contribution >= 0.6 is 11.6 Å². The third-order valence-corrected chi connectivity index (χ3v) is 8.23. The molecule has 0 atom stereocenters. The number of nitrogens with two attached hydrogens (primary N) is 1. The Hall–Kier alpha value is -1.20. The quantitative estimate of drug-likeness (QED) is 0.653. The first-order valence-corrected chi connectivity index (χ1v) is 9.25. The van der Waals surface area contributed by atoms with Crippen LogP contribution in [0, 0.1) is 0 Å². The van der Waals surface area contributed by atoms with Crippen molar-refractivity contribution in [1.29, 1.82) is 0 Å². The van der Waals surface area contributed by atoms with Crippen LogP contribution in [0.25, 0.3) is 0 Å². The van der Waals surface area contributed by atoms with E-state index in [4.69, 9.17) is 26.9 Å². The highest BCUT2D eigenvalue weighted by atomic mass is 35.5. The monoisotopic (exact) mass is 301 g/mol. The molecule has 0 spiro atoms. The zero-order chi connectivity index (χ0) is 15.0. The lowest BCUT2D eigenvalue weighted by molar-refractivity contribution is 0.0696. The van der Waals surface area contributed by atoms with Gasteiger partial charge in [0.1, 0.15) is 10.8 Å². The Bertz CT molecular complexity index is 509. The molecule has 0 unspecified atom stereocenters. The zero-order valence-electron chi connectivity index (χ0n) is 11.9. The molecule has 0 saturated carbocycles. The van der Waals surface area contributed by atoms with E-state index in [1.807, 2.05) is 0 Å². The van der Waals surface area contributed by atoms with E-state index in [2.05, 4.69) is 33.9 Å². The van der Waals surface area contributed by atoms with Gasteiger partial charge in [0.2, 0.25) is 0 Å². The fourth-order valence-corrected chi connectivity index (χ4v) is 2.47. The van der Waals surface area contributed by atoms with Crippen LogP contribution in [0.5, 0.6) is 5.75 Å². The number of carboxylic acid groups (broad SMARTS) is 1. The molecule has 6 heteroatoms. The third kappa shape index (κ3) is 3.42. The average Bonchev–Trinajstić information content (AvgIpc) is 2.22. The Balaban J connectivity index is 3.25. The second-order valence-corrected chi connectivity index (χ2v) is 11.1. The van der Waals surface area contributed by atoms with E-state index in [1.165, 1.54) is 12.1 Å². The lowest BCUT2D eigenvalue weighted by Crippen LogP contribution is -2.44. The Morgan fingerprint density at radius 1 is 1.37 bits per heavy atom. The first-order valence-electron chi connectivity index (χ1n) is 5.97. The van der Waals surface area contributed by atoms with Gasteiger partial charge in [0.15, 0.2) is 0 Å². The predicted molar refractivity (Wildman–Crippen MR) is 80.6 cm³/mol. The summed E-state index contributed by atoms with van der Waals surface area (Å²) in [4.78, 5) is 11.0. The Morgan fingerprint density at radius 2 is 1.89 bits per heavy atom. The summed E-state index contributed by atoms with van der Waals surface area (Å²) >= 11 is 6.11. The Labute approximate surface area is 119 Å². The number of rotatable bonds is 3. The van der Waals surface area contributed by atoms with E-state index in [0.29, 0.717) is 5.75 Å². The van der Waals surface area contributed by atoms with E-state index < -0.39 is 14.3 Å². The van der Waals surface area contributed by atoms with Crippen molar-refractivity contribution in [3.63, 3.8) is 0 Å². The summed E-state index contributed by atoms with van der Waals surface area (Å²) < 4.78 is 6.03. The molecule has 0 aromatic heterocycles. The van der Waals surface area contributed by atoms with E-state index >= 15 is 0 Å². The Kier molecular flexibility index (Phi) is 4.22. The maximum Gasteiger partial charge on any atom is 0.335 e. The number of carboxylic acids is 1. The summed E-state index contributed by atoms with van der Waals surface area (Å²) in [6, 6.07) is 2.77. The maximum absolute atomic E-state index is 11.0. The van der Waals surface area contributed by atoms with Crippen molar-refractivity contribution in [1.82, 2.24) is 0 Å². The van der Waals surface area contributed by atoms with Crippen molar-refractivity contribution in [2.75, 3.05) is 5.73 Å². The van der Waals surface area contributed by atoms with Crippen molar-refractivity contribution >= 4 is 31.6 Å². The molecule has 0 saturated heterocycles. The molecule has 19 heavy (non-hydrogen) atoms. The van der Waals surface area contributed by atoms with Gasteiger partial charge in [0.05, 0.1) is 11.3 Å². The van der Waals surface area contributed by atoms with E-state index in [1.54, 1.807) is 0 Å². The van der Waals surface area contributed by atoms with Crippen molar-refractivity contribution in [3.8, 4) is 5.75 Å². The molecule has 1 aromatic carbocycles. The molecule has 0 bridgehead atoms. The number of nitrogen functional groups attached to an aromatic ring is 1. The predicted octanol–water partition coefficient (Wildman–Crippen LogP) is 4.00. The second kappa shape index (κ2) is 5.05. The van der Waals surface area contributed by atoms with Gasteiger partial charge in [0, 0.05) is 0 Å². The molecule has 3 N–H and O–H groups in total. The minimum Gasteiger partial charge on any atom is -0.542 e. The summed E-state index contributed by atoms with van der Waals surface area (Å²) in [6.07, 6.45) is 0. The molecular weight excluding hydrogens is 282 g/mol. The summed E-state index contributed by atoms with van der Waals surface area (Å²) in [5, 5.41) is 9.30. The summed E-state index contributed by atoms with van der Waals surface area (Å²) in [6.45, 7) is 10.4. The highest BCUT2D eigenvalue weighted by Crippen LogP contribution is 2.41. The van der Waals surface area contributed by atoms with E-state index in [0.717, 1.165) is 0 Å². The number of aromatic carboxylic acids is 1. The largest absolute Gasteiger partial charge is 0.542 e. The van der Waals surface area contributed by atoms with Gasteiger partial charge in [0.25, 0.3) is 8.32 Å². The molecule has 0 aliphatic heterocycles. The van der Waals surface area contributed by atoms with Gasteiger partial charge in [-0.15, -0.1) is 0 Å². The van der Waals surface area contributed by atoms with Crippen molar-refractivity contribution in [3.05, 3.63) is 22.7 Å². The van der Waals surface area contributed by atoms with Crippen molar-refractivity contribution < 1.29 is 14.3 Å². The van der Waals surface area contributed by atoms with Gasteiger partial charge in [-0.2, -0.15) is 0 Å². The van der Waals surface area contributed by atoms with Gasteiger partial charge in [-0.3, -0.25) is 0 Å². The van der Waals surface area contributed by atoms with Gasteiger partial charge in [-0.25, -0.2) is 4.79 Å². The molecule has 1 rings (SSSR count). The van der Waals surface area contributed by atoms with Gasteiger partial charge < -0.3 is 15.3 Å². The first kappa shape index (κ1) is 15.9. The topological polar surface area (TPSA) is 72.5 Å². The number of hydrogen-bond acceptors (Lipinski definition) is 3. The SMILES string of the molecule is CC(C)(C)[Si](C)(C)Oc1cc(C(=O)O)cc(N)c1Cl. The Morgan fingerprint density at radius 3 is 2.32 bits per heavy atom. The summed E-state index contributed by atoms with van der Waals surface area (Å²) in [7, 11) is -2.09. The number of anilines is 1. The smallest absolute Gasteiger partial charge is 0.335 e. The summed E-state index contributed by atoms with van der Waals surface area (Å²) in [5.41, 5.74) is 6.02. The fraction of sp³-hybridized carbons (Fsp3) is 0.462. The van der Waals surface area contributed by atoms with Crippen LogP contribution in [0.4, 0.5) is 5.69 Å². The van der Waals surface area contributed by atoms with Crippen LogP contribution in [0.3, 0.4) is 0 Å². The minimum absolute atomic E-state index is 0.00960. The zero-order valence-corrected chi connectivity index (χ0v) is 13.6. The van der Waals surface area contributed by atoms with Crippen molar-refractivity contribution in [2.45, 2.75) is 38.9 Å². The number of carbonyl (C=O) groups is 1. The fourth-order valence-electron chi connectivity index (χ4n) is 1.25. The van der Waals surface area contributed by atoms with E-state index in [-0.39, 0.29) is 21.3 Å². The molecule has 1 aromatic rings. The highest BCUT2D eigenvalue weighted by molar-refractivity contribution is 6.74. The van der Waals surface area contributed by atoms with Crippen LogP contribution in [0.1, 0.15) is 31.1 Å². The van der Waals surface area contributed by atoms with Crippen LogP contribution in [0.2, 0.25) is 23.2 Å². The van der Waals surface area contributed by atoms with Gasteiger partial charge >= 0.3 is 5.97 Å². The number of halogens is 1.